The SMILES string of the molecule is Cc1cccc(OCC(=O)OCC23COP(=O)(OC2)OC3)c1. The summed E-state index contributed by atoms with van der Waals surface area (Å²) >= 11 is 0. The van der Waals surface area contributed by atoms with Crippen molar-refractivity contribution in [1.82, 2.24) is 0 Å². The summed E-state index contributed by atoms with van der Waals surface area (Å²) in [6, 6.07) is 7.40. The van der Waals surface area contributed by atoms with Crippen LogP contribution in [-0.2, 0) is 27.7 Å². The molecule has 3 heterocycles. The molecule has 8 heteroatoms. The van der Waals surface area contributed by atoms with Gasteiger partial charge in [0.15, 0.2) is 6.61 Å². The maximum Gasteiger partial charge on any atom is 0.474 e. The molecule has 1 aromatic carbocycles. The molecule has 1 aromatic rings. The average Bonchev–Trinajstić information content (AvgIpc) is 2.53. The van der Waals surface area contributed by atoms with E-state index in [0.717, 1.165) is 5.56 Å². The number of benzene rings is 1. The van der Waals surface area contributed by atoms with E-state index in [-0.39, 0.29) is 33.0 Å². The van der Waals surface area contributed by atoms with E-state index in [0.29, 0.717) is 5.75 Å². The van der Waals surface area contributed by atoms with E-state index in [2.05, 4.69) is 0 Å². The van der Waals surface area contributed by atoms with E-state index in [4.69, 9.17) is 23.0 Å². The van der Waals surface area contributed by atoms with Crippen molar-refractivity contribution in [3.63, 3.8) is 0 Å². The van der Waals surface area contributed by atoms with Crippen molar-refractivity contribution in [2.24, 2.45) is 5.41 Å². The Morgan fingerprint density at radius 2 is 1.95 bits per heavy atom. The van der Waals surface area contributed by atoms with Crippen LogP contribution in [0.5, 0.6) is 5.75 Å². The minimum absolute atomic E-state index is 0.0724. The topological polar surface area (TPSA) is 80.3 Å². The summed E-state index contributed by atoms with van der Waals surface area (Å²) in [7, 11) is -3.34. The summed E-state index contributed by atoms with van der Waals surface area (Å²) in [5.41, 5.74) is 0.454. The van der Waals surface area contributed by atoms with Crippen LogP contribution in [-0.4, -0.2) is 39.0 Å². The largest absolute Gasteiger partial charge is 0.482 e. The van der Waals surface area contributed by atoms with Crippen LogP contribution in [0.15, 0.2) is 24.3 Å². The number of esters is 1. The molecule has 3 aliphatic heterocycles. The summed E-state index contributed by atoms with van der Waals surface area (Å²) in [5, 5.41) is 0. The quantitative estimate of drug-likeness (QED) is 0.605. The van der Waals surface area contributed by atoms with Crippen molar-refractivity contribution in [3.8, 4) is 5.75 Å². The third-order valence-electron chi connectivity index (χ3n) is 3.47. The molecule has 0 aliphatic carbocycles. The molecule has 0 aromatic heterocycles. The molecule has 0 atom stereocenters. The van der Waals surface area contributed by atoms with Gasteiger partial charge in [0, 0.05) is 0 Å². The number of fused-ring (bicyclic) bond motifs is 3. The van der Waals surface area contributed by atoms with Crippen LogP contribution in [0.25, 0.3) is 0 Å². The highest BCUT2D eigenvalue weighted by Gasteiger charge is 2.51. The highest BCUT2D eigenvalue weighted by Crippen LogP contribution is 2.59. The molecular formula is C14H17O7P. The van der Waals surface area contributed by atoms with Crippen molar-refractivity contribution in [1.29, 1.82) is 0 Å². The molecule has 0 N–H and O–H groups in total. The fourth-order valence-electron chi connectivity index (χ4n) is 2.13. The van der Waals surface area contributed by atoms with Gasteiger partial charge in [0.05, 0.1) is 25.2 Å². The van der Waals surface area contributed by atoms with Gasteiger partial charge >= 0.3 is 13.8 Å². The van der Waals surface area contributed by atoms with Gasteiger partial charge in [-0.1, -0.05) is 12.1 Å². The zero-order valence-corrected chi connectivity index (χ0v) is 13.0. The summed E-state index contributed by atoms with van der Waals surface area (Å²) in [6.07, 6.45) is 0. The third-order valence-corrected chi connectivity index (χ3v) is 4.81. The van der Waals surface area contributed by atoms with Crippen LogP contribution in [0.1, 0.15) is 5.56 Å². The molecule has 22 heavy (non-hydrogen) atoms. The predicted octanol–water partition coefficient (Wildman–Crippen LogP) is 2.09. The lowest BCUT2D eigenvalue weighted by atomic mass is 9.92. The summed E-state index contributed by atoms with van der Waals surface area (Å²) in [5.74, 6) is 0.122. The molecule has 0 spiro atoms. The van der Waals surface area contributed by atoms with Gasteiger partial charge in [-0.15, -0.1) is 0 Å². The van der Waals surface area contributed by atoms with Crippen LogP contribution < -0.4 is 4.74 Å². The molecule has 7 nitrogen and oxygen atoms in total. The zero-order chi connectivity index (χ0) is 15.6. The Bertz CT molecular complexity index is 584. The van der Waals surface area contributed by atoms with Crippen LogP contribution in [0.3, 0.4) is 0 Å². The third kappa shape index (κ3) is 3.50. The number of hydrogen-bond donors (Lipinski definition) is 0. The second-order valence-electron chi connectivity index (χ2n) is 5.53. The van der Waals surface area contributed by atoms with Gasteiger partial charge in [-0.25, -0.2) is 9.36 Å². The number of hydrogen-bond acceptors (Lipinski definition) is 7. The molecule has 4 rings (SSSR count). The van der Waals surface area contributed by atoms with E-state index in [1.807, 2.05) is 25.1 Å². The minimum atomic E-state index is -3.34. The Hall–Kier alpha value is -1.40. The average molecular weight is 328 g/mol. The first-order valence-corrected chi connectivity index (χ1v) is 8.34. The van der Waals surface area contributed by atoms with Crippen LogP contribution in [0.4, 0.5) is 0 Å². The molecule has 3 fully saturated rings. The van der Waals surface area contributed by atoms with Gasteiger partial charge < -0.3 is 9.47 Å². The molecule has 0 unspecified atom stereocenters. The van der Waals surface area contributed by atoms with Gasteiger partial charge in [-0.2, -0.15) is 0 Å². The van der Waals surface area contributed by atoms with Crippen molar-refractivity contribution in [2.75, 3.05) is 33.0 Å². The first-order valence-electron chi connectivity index (χ1n) is 6.88. The zero-order valence-electron chi connectivity index (χ0n) is 12.1. The van der Waals surface area contributed by atoms with Gasteiger partial charge in [0.1, 0.15) is 12.4 Å². The molecule has 120 valence electrons. The molecule has 3 saturated heterocycles. The number of aryl methyl sites for hydroxylation is 1. The van der Waals surface area contributed by atoms with Gasteiger partial charge in [0.25, 0.3) is 0 Å². The lowest BCUT2D eigenvalue weighted by Crippen LogP contribution is -2.48. The van der Waals surface area contributed by atoms with Crippen molar-refractivity contribution < 1.29 is 32.4 Å². The Balaban J connectivity index is 1.46. The van der Waals surface area contributed by atoms with Gasteiger partial charge in [-0.3, -0.25) is 13.6 Å². The highest BCUT2D eigenvalue weighted by molar-refractivity contribution is 7.48. The number of carbonyl (C=O) groups is 1. The fraction of sp³-hybridized carbons (Fsp3) is 0.500. The normalized spacial score (nSPS) is 30.0. The first kappa shape index (κ1) is 15.5. The monoisotopic (exact) mass is 328 g/mol. The van der Waals surface area contributed by atoms with Crippen molar-refractivity contribution >= 4 is 13.8 Å². The number of rotatable bonds is 5. The van der Waals surface area contributed by atoms with E-state index < -0.39 is 19.2 Å². The highest BCUT2D eigenvalue weighted by atomic mass is 31.2. The van der Waals surface area contributed by atoms with Crippen LogP contribution >= 0.6 is 7.82 Å². The second kappa shape index (κ2) is 6.01. The van der Waals surface area contributed by atoms with Crippen molar-refractivity contribution in [3.05, 3.63) is 29.8 Å². The molecule has 0 amide bonds. The molecule has 0 saturated carbocycles. The first-order chi connectivity index (χ1) is 10.5. The number of carbonyl (C=O) groups excluding carboxylic acids is 1. The Labute approximate surface area is 128 Å². The van der Waals surface area contributed by atoms with Crippen LogP contribution in [0, 0.1) is 12.3 Å². The summed E-state index contributed by atoms with van der Waals surface area (Å²) < 4.78 is 37.3. The van der Waals surface area contributed by atoms with E-state index in [9.17, 15) is 9.36 Å². The van der Waals surface area contributed by atoms with E-state index >= 15 is 0 Å². The lowest BCUT2D eigenvalue weighted by Gasteiger charge is -2.43. The Morgan fingerprint density at radius 1 is 1.27 bits per heavy atom. The standard InChI is InChI=1S/C14H17O7P/c1-11-3-2-4-12(5-11)17-6-13(15)18-7-14-8-19-22(16,20-9-14)21-10-14/h2-5H,6-10H2,1H3. The van der Waals surface area contributed by atoms with Gasteiger partial charge in [-0.05, 0) is 24.6 Å². The maximum absolute atomic E-state index is 11.8. The fourth-order valence-corrected chi connectivity index (χ4v) is 3.65. The molecule has 3 aliphatic rings. The minimum Gasteiger partial charge on any atom is -0.482 e. The Morgan fingerprint density at radius 3 is 2.59 bits per heavy atom. The second-order valence-corrected chi connectivity index (χ2v) is 7.20. The molecule has 0 radical (unpaired) electrons. The van der Waals surface area contributed by atoms with E-state index in [1.54, 1.807) is 6.07 Å². The Kier molecular flexibility index (Phi) is 4.23. The lowest BCUT2D eigenvalue weighted by molar-refractivity contribution is -0.161. The molecular weight excluding hydrogens is 311 g/mol. The smallest absolute Gasteiger partial charge is 0.474 e. The molecule has 2 bridgehead atoms. The van der Waals surface area contributed by atoms with Crippen molar-refractivity contribution in [2.45, 2.75) is 6.92 Å². The van der Waals surface area contributed by atoms with Crippen LogP contribution in [0.2, 0.25) is 0 Å². The van der Waals surface area contributed by atoms with E-state index in [1.165, 1.54) is 0 Å². The summed E-state index contributed by atoms with van der Waals surface area (Å²) in [6.45, 7) is 2.40. The number of ether oxygens (including phenoxy) is 2. The predicted molar refractivity (Wildman–Crippen MR) is 75.5 cm³/mol. The number of phosphoric acid groups is 1. The van der Waals surface area contributed by atoms with Gasteiger partial charge in [0.2, 0.25) is 0 Å². The summed E-state index contributed by atoms with van der Waals surface area (Å²) in [4.78, 5) is 11.8. The number of phosphoric ester groups is 1. The maximum atomic E-state index is 11.8.